The Morgan fingerprint density at radius 1 is 1.15 bits per heavy atom. The van der Waals surface area contributed by atoms with E-state index in [-0.39, 0.29) is 10.8 Å². The molecular weight excluding hydrogens is 352 g/mol. The topological polar surface area (TPSA) is 72.6 Å². The summed E-state index contributed by atoms with van der Waals surface area (Å²) < 4.78 is 38.4. The number of sulfonamides is 1. The molecule has 0 N–H and O–H groups in total. The third-order valence-corrected chi connectivity index (χ3v) is 6.62. The molecule has 2 heterocycles. The molecule has 0 amide bonds. The Hall–Kier alpha value is -2.38. The third kappa shape index (κ3) is 3.08. The number of nitrogens with zero attached hydrogens (tertiary/aromatic N) is 2. The number of hydrogen-bond acceptors (Lipinski definition) is 5. The normalized spacial score (nSPS) is 18.9. The quantitative estimate of drug-likeness (QED) is 0.702. The molecule has 1 unspecified atom stereocenters. The lowest BCUT2D eigenvalue weighted by molar-refractivity contribution is 0.288. The summed E-state index contributed by atoms with van der Waals surface area (Å²) in [4.78, 5) is 4.82. The number of methoxy groups -OCH3 is 1. The predicted molar refractivity (Wildman–Crippen MR) is 97.7 cm³/mol. The van der Waals surface area contributed by atoms with Crippen LogP contribution in [0.5, 0.6) is 5.75 Å². The zero-order chi connectivity index (χ0) is 18.1. The Morgan fingerprint density at radius 3 is 2.65 bits per heavy atom. The highest BCUT2D eigenvalue weighted by molar-refractivity contribution is 7.89. The van der Waals surface area contributed by atoms with E-state index in [0.29, 0.717) is 24.7 Å². The first kappa shape index (κ1) is 17.1. The van der Waals surface area contributed by atoms with E-state index in [1.807, 2.05) is 24.3 Å². The van der Waals surface area contributed by atoms with Crippen LogP contribution in [0.3, 0.4) is 0 Å². The summed E-state index contributed by atoms with van der Waals surface area (Å²) in [5.74, 6) is 1.21. The molecule has 0 bridgehead atoms. The molecule has 3 aromatic rings. The summed E-state index contributed by atoms with van der Waals surface area (Å²) in [6.45, 7) is 0.881. The molecule has 2 aromatic carbocycles. The number of benzene rings is 2. The summed E-state index contributed by atoms with van der Waals surface area (Å²) >= 11 is 0. The fourth-order valence-corrected chi connectivity index (χ4v) is 4.85. The van der Waals surface area contributed by atoms with Gasteiger partial charge in [0.15, 0.2) is 11.5 Å². The molecule has 0 radical (unpaired) electrons. The average molecular weight is 372 g/mol. The van der Waals surface area contributed by atoms with Gasteiger partial charge in [0, 0.05) is 19.0 Å². The highest BCUT2D eigenvalue weighted by Crippen LogP contribution is 2.31. The number of piperidine rings is 1. The standard InChI is InChI=1S/C19H20N2O4S/c1-24-15-8-10-16(11-9-15)26(22,23)21-12-4-5-14(13-21)19-20-17-6-2-3-7-18(17)25-19/h2-3,6-11,14H,4-5,12-13H2,1H3. The van der Waals surface area contributed by atoms with Crippen molar-refractivity contribution in [3.63, 3.8) is 0 Å². The number of hydrogen-bond donors (Lipinski definition) is 0. The van der Waals surface area contributed by atoms with Crippen LogP contribution in [0.4, 0.5) is 0 Å². The molecule has 7 heteroatoms. The second-order valence-corrected chi connectivity index (χ2v) is 8.34. The summed E-state index contributed by atoms with van der Waals surface area (Å²) in [6, 6.07) is 14.1. The van der Waals surface area contributed by atoms with Gasteiger partial charge >= 0.3 is 0 Å². The van der Waals surface area contributed by atoms with Crippen LogP contribution in [0.1, 0.15) is 24.7 Å². The summed E-state index contributed by atoms with van der Waals surface area (Å²) in [7, 11) is -2.00. The van der Waals surface area contributed by atoms with E-state index in [4.69, 9.17) is 9.15 Å². The molecule has 26 heavy (non-hydrogen) atoms. The largest absolute Gasteiger partial charge is 0.497 e. The summed E-state index contributed by atoms with van der Waals surface area (Å²) in [5, 5.41) is 0. The van der Waals surface area contributed by atoms with Crippen molar-refractivity contribution >= 4 is 21.1 Å². The molecule has 1 atom stereocenters. The summed E-state index contributed by atoms with van der Waals surface area (Å²) in [6.07, 6.45) is 1.64. The Labute approximate surface area is 152 Å². The first-order valence-corrected chi connectivity index (χ1v) is 10.0. The average Bonchev–Trinajstić information content (AvgIpc) is 3.12. The van der Waals surface area contributed by atoms with Gasteiger partial charge in [-0.2, -0.15) is 4.31 Å². The number of fused-ring (bicyclic) bond motifs is 1. The molecule has 1 aromatic heterocycles. The highest BCUT2D eigenvalue weighted by atomic mass is 32.2. The van der Waals surface area contributed by atoms with Crippen molar-refractivity contribution in [3.8, 4) is 5.75 Å². The smallest absolute Gasteiger partial charge is 0.243 e. The molecule has 0 saturated carbocycles. The molecule has 1 aliphatic rings. The van der Waals surface area contributed by atoms with Crippen molar-refractivity contribution in [2.45, 2.75) is 23.7 Å². The van der Waals surface area contributed by atoms with Gasteiger partial charge in [0.25, 0.3) is 0 Å². The summed E-state index contributed by atoms with van der Waals surface area (Å²) in [5.41, 5.74) is 1.54. The van der Waals surface area contributed by atoms with Crippen molar-refractivity contribution in [1.29, 1.82) is 0 Å². The van der Waals surface area contributed by atoms with E-state index in [2.05, 4.69) is 4.98 Å². The van der Waals surface area contributed by atoms with Gasteiger partial charge in [-0.1, -0.05) is 12.1 Å². The monoisotopic (exact) mass is 372 g/mol. The molecule has 0 spiro atoms. The van der Waals surface area contributed by atoms with Crippen molar-refractivity contribution < 1.29 is 17.6 Å². The fraction of sp³-hybridized carbons (Fsp3) is 0.316. The van der Waals surface area contributed by atoms with Crippen LogP contribution in [-0.4, -0.2) is 37.9 Å². The number of ether oxygens (including phenoxy) is 1. The van der Waals surface area contributed by atoms with Gasteiger partial charge in [-0.05, 0) is 49.2 Å². The van der Waals surface area contributed by atoms with Crippen LogP contribution in [0, 0.1) is 0 Å². The first-order chi connectivity index (χ1) is 12.6. The van der Waals surface area contributed by atoms with E-state index >= 15 is 0 Å². The van der Waals surface area contributed by atoms with Crippen molar-refractivity contribution in [2.75, 3.05) is 20.2 Å². The second-order valence-electron chi connectivity index (χ2n) is 6.40. The number of oxazole rings is 1. The molecule has 1 saturated heterocycles. The minimum Gasteiger partial charge on any atom is -0.497 e. The second kappa shape index (κ2) is 6.74. The van der Waals surface area contributed by atoms with E-state index in [1.54, 1.807) is 31.4 Å². The first-order valence-electron chi connectivity index (χ1n) is 8.57. The maximum absolute atomic E-state index is 13.0. The minimum atomic E-state index is -3.55. The Bertz CT molecular complexity index is 978. The lowest BCUT2D eigenvalue weighted by Gasteiger charge is -2.30. The van der Waals surface area contributed by atoms with E-state index in [9.17, 15) is 8.42 Å². The maximum Gasteiger partial charge on any atom is 0.243 e. The minimum absolute atomic E-state index is 0.0378. The molecule has 1 aliphatic heterocycles. The van der Waals surface area contributed by atoms with E-state index < -0.39 is 10.0 Å². The molecular formula is C19H20N2O4S. The molecule has 1 fully saturated rings. The van der Waals surface area contributed by atoms with Gasteiger partial charge in [-0.15, -0.1) is 0 Å². The van der Waals surface area contributed by atoms with Gasteiger partial charge in [0.1, 0.15) is 11.3 Å². The zero-order valence-corrected chi connectivity index (χ0v) is 15.3. The fourth-order valence-electron chi connectivity index (χ4n) is 3.32. The van der Waals surface area contributed by atoms with E-state index in [1.165, 1.54) is 4.31 Å². The number of rotatable bonds is 4. The lowest BCUT2D eigenvalue weighted by Crippen LogP contribution is -2.39. The van der Waals surface area contributed by atoms with Crippen LogP contribution in [-0.2, 0) is 10.0 Å². The van der Waals surface area contributed by atoms with Gasteiger partial charge in [-0.3, -0.25) is 0 Å². The van der Waals surface area contributed by atoms with Crippen LogP contribution < -0.4 is 4.74 Å². The maximum atomic E-state index is 13.0. The number of aromatic nitrogens is 1. The zero-order valence-electron chi connectivity index (χ0n) is 14.5. The van der Waals surface area contributed by atoms with Crippen molar-refractivity contribution in [2.24, 2.45) is 0 Å². The van der Waals surface area contributed by atoms with Crippen LogP contribution in [0.2, 0.25) is 0 Å². The third-order valence-electron chi connectivity index (χ3n) is 4.74. The van der Waals surface area contributed by atoms with Gasteiger partial charge < -0.3 is 9.15 Å². The molecule has 6 nitrogen and oxygen atoms in total. The Morgan fingerprint density at radius 2 is 1.92 bits per heavy atom. The lowest BCUT2D eigenvalue weighted by atomic mass is 10.00. The molecule has 0 aliphatic carbocycles. The van der Waals surface area contributed by atoms with Crippen molar-refractivity contribution in [3.05, 3.63) is 54.4 Å². The number of para-hydroxylation sites is 2. The van der Waals surface area contributed by atoms with Crippen molar-refractivity contribution in [1.82, 2.24) is 9.29 Å². The highest BCUT2D eigenvalue weighted by Gasteiger charge is 2.33. The van der Waals surface area contributed by atoms with Gasteiger partial charge in [0.2, 0.25) is 10.0 Å². The van der Waals surface area contributed by atoms with Crippen LogP contribution in [0.25, 0.3) is 11.1 Å². The Balaban J connectivity index is 1.59. The SMILES string of the molecule is COc1ccc(S(=O)(=O)N2CCCC(c3nc4ccccc4o3)C2)cc1. The predicted octanol–water partition coefficient (Wildman–Crippen LogP) is 3.40. The van der Waals surface area contributed by atoms with Gasteiger partial charge in [0.05, 0.1) is 12.0 Å². The van der Waals surface area contributed by atoms with Gasteiger partial charge in [-0.25, -0.2) is 13.4 Å². The van der Waals surface area contributed by atoms with Crippen LogP contribution >= 0.6 is 0 Å². The van der Waals surface area contributed by atoms with Crippen LogP contribution in [0.15, 0.2) is 57.8 Å². The van der Waals surface area contributed by atoms with E-state index in [0.717, 1.165) is 23.9 Å². The molecule has 136 valence electrons. The Kier molecular flexibility index (Phi) is 4.42. The molecule has 4 rings (SSSR count).